The SMILES string of the molecule is Cc1cccc(NC(=O)NC(CCN(C)C)c2ccc(C(=O)Nc3cscc3N)nc2)c1. The van der Waals surface area contributed by atoms with Gasteiger partial charge in [0.25, 0.3) is 5.91 Å². The molecule has 32 heavy (non-hydrogen) atoms. The van der Waals surface area contributed by atoms with E-state index in [1.54, 1.807) is 23.0 Å². The summed E-state index contributed by atoms with van der Waals surface area (Å²) in [5.74, 6) is -0.336. The van der Waals surface area contributed by atoms with Gasteiger partial charge in [-0.05, 0) is 63.3 Å². The van der Waals surface area contributed by atoms with Crippen LogP contribution in [0.25, 0.3) is 0 Å². The molecule has 8 nitrogen and oxygen atoms in total. The van der Waals surface area contributed by atoms with E-state index in [9.17, 15) is 9.59 Å². The number of carbonyl (C=O) groups excluding carboxylic acids is 2. The molecular formula is C23H28N6O2S. The first-order valence-corrected chi connectivity index (χ1v) is 11.1. The molecule has 5 N–H and O–H groups in total. The molecule has 168 valence electrons. The van der Waals surface area contributed by atoms with Crippen LogP contribution in [0.15, 0.2) is 53.4 Å². The van der Waals surface area contributed by atoms with E-state index in [0.717, 1.165) is 23.4 Å². The van der Waals surface area contributed by atoms with Crippen molar-refractivity contribution >= 4 is 40.3 Å². The zero-order valence-electron chi connectivity index (χ0n) is 18.4. The standard InChI is InChI=1S/C23H28N6O2S/c1-15-5-4-6-17(11-15)26-23(31)28-19(9-10-29(2)3)16-7-8-20(25-12-16)22(30)27-21-14-32-13-18(21)24/h4-8,11-14,19H,9-10,24H2,1-3H3,(H,27,30)(H2,26,28,31). The number of hydrogen-bond acceptors (Lipinski definition) is 6. The van der Waals surface area contributed by atoms with Crippen LogP contribution in [-0.4, -0.2) is 42.5 Å². The third-order valence-corrected chi connectivity index (χ3v) is 5.57. The molecule has 3 amide bonds. The van der Waals surface area contributed by atoms with Gasteiger partial charge in [-0.25, -0.2) is 4.79 Å². The van der Waals surface area contributed by atoms with Crippen molar-refractivity contribution in [2.75, 3.05) is 37.0 Å². The lowest BCUT2D eigenvalue weighted by Gasteiger charge is -2.21. The van der Waals surface area contributed by atoms with Crippen molar-refractivity contribution in [2.45, 2.75) is 19.4 Å². The molecule has 0 bridgehead atoms. The lowest BCUT2D eigenvalue weighted by atomic mass is 10.1. The Morgan fingerprint density at radius 2 is 1.97 bits per heavy atom. The third-order valence-electron chi connectivity index (χ3n) is 4.81. The maximum atomic E-state index is 12.6. The Balaban J connectivity index is 1.69. The second-order valence-corrected chi connectivity index (χ2v) is 8.53. The van der Waals surface area contributed by atoms with E-state index in [1.807, 2.05) is 56.3 Å². The number of hydrogen-bond donors (Lipinski definition) is 4. The predicted octanol–water partition coefficient (Wildman–Crippen LogP) is 4.10. The molecule has 0 saturated heterocycles. The second-order valence-electron chi connectivity index (χ2n) is 7.78. The summed E-state index contributed by atoms with van der Waals surface area (Å²) in [6.45, 7) is 2.74. The Morgan fingerprint density at radius 3 is 2.59 bits per heavy atom. The van der Waals surface area contributed by atoms with E-state index in [-0.39, 0.29) is 23.7 Å². The van der Waals surface area contributed by atoms with Gasteiger partial charge in [-0.15, -0.1) is 11.3 Å². The van der Waals surface area contributed by atoms with E-state index in [4.69, 9.17) is 5.73 Å². The van der Waals surface area contributed by atoms with Gasteiger partial charge in [0.15, 0.2) is 0 Å². The summed E-state index contributed by atoms with van der Waals surface area (Å²) >= 11 is 1.41. The smallest absolute Gasteiger partial charge is 0.319 e. The van der Waals surface area contributed by atoms with Gasteiger partial charge < -0.3 is 26.6 Å². The highest BCUT2D eigenvalue weighted by Gasteiger charge is 2.17. The van der Waals surface area contributed by atoms with Crippen LogP contribution >= 0.6 is 11.3 Å². The third kappa shape index (κ3) is 6.53. The molecule has 0 fully saturated rings. The molecule has 0 aliphatic rings. The molecule has 0 saturated carbocycles. The van der Waals surface area contributed by atoms with Gasteiger partial charge >= 0.3 is 6.03 Å². The van der Waals surface area contributed by atoms with Crippen molar-refractivity contribution in [1.29, 1.82) is 0 Å². The normalized spacial score (nSPS) is 11.8. The number of nitrogens with two attached hydrogens (primary N) is 1. The number of nitrogen functional groups attached to an aromatic ring is 1. The Bertz CT molecular complexity index is 1060. The predicted molar refractivity (Wildman–Crippen MR) is 130 cm³/mol. The number of nitrogens with zero attached hydrogens (tertiary/aromatic N) is 2. The molecule has 1 atom stereocenters. The van der Waals surface area contributed by atoms with Crippen LogP contribution in [0.2, 0.25) is 0 Å². The summed E-state index contributed by atoms with van der Waals surface area (Å²) in [5, 5.41) is 12.2. The molecule has 3 rings (SSSR count). The van der Waals surface area contributed by atoms with Crippen LogP contribution < -0.4 is 21.7 Å². The zero-order valence-corrected chi connectivity index (χ0v) is 19.2. The summed E-state index contributed by atoms with van der Waals surface area (Å²) in [5.41, 5.74) is 9.80. The number of urea groups is 1. The fraction of sp³-hybridized carbons (Fsp3) is 0.261. The van der Waals surface area contributed by atoms with Crippen molar-refractivity contribution in [1.82, 2.24) is 15.2 Å². The molecule has 0 spiro atoms. The monoisotopic (exact) mass is 452 g/mol. The highest BCUT2D eigenvalue weighted by molar-refractivity contribution is 7.09. The van der Waals surface area contributed by atoms with Gasteiger partial charge in [0.1, 0.15) is 5.69 Å². The van der Waals surface area contributed by atoms with E-state index >= 15 is 0 Å². The average Bonchev–Trinajstić information content (AvgIpc) is 3.15. The summed E-state index contributed by atoms with van der Waals surface area (Å²) in [4.78, 5) is 31.4. The Labute approximate surface area is 191 Å². The largest absolute Gasteiger partial charge is 0.396 e. The highest BCUT2D eigenvalue weighted by Crippen LogP contribution is 2.23. The van der Waals surface area contributed by atoms with Gasteiger partial charge in [0.05, 0.1) is 17.4 Å². The molecule has 0 aliphatic heterocycles. The summed E-state index contributed by atoms with van der Waals surface area (Å²) < 4.78 is 0. The minimum Gasteiger partial charge on any atom is -0.396 e. The molecule has 2 aromatic heterocycles. The lowest BCUT2D eigenvalue weighted by Crippen LogP contribution is -2.34. The van der Waals surface area contributed by atoms with Gasteiger partial charge in [-0.1, -0.05) is 18.2 Å². The Morgan fingerprint density at radius 1 is 1.16 bits per heavy atom. The molecule has 3 aromatic rings. The average molecular weight is 453 g/mol. The summed E-state index contributed by atoms with van der Waals surface area (Å²) in [7, 11) is 3.96. The van der Waals surface area contributed by atoms with Crippen molar-refractivity contribution in [3.05, 3.63) is 70.2 Å². The van der Waals surface area contributed by atoms with Crippen molar-refractivity contribution in [3.8, 4) is 0 Å². The number of anilines is 3. The number of rotatable bonds is 8. The van der Waals surface area contributed by atoms with Crippen LogP contribution in [-0.2, 0) is 0 Å². The lowest BCUT2D eigenvalue weighted by molar-refractivity contribution is 0.102. The topological polar surface area (TPSA) is 112 Å². The van der Waals surface area contributed by atoms with Crippen LogP contribution in [0.4, 0.5) is 21.9 Å². The molecular weight excluding hydrogens is 424 g/mol. The molecule has 0 radical (unpaired) electrons. The van der Waals surface area contributed by atoms with Crippen LogP contribution in [0.1, 0.15) is 34.1 Å². The summed E-state index contributed by atoms with van der Waals surface area (Å²) in [6.07, 6.45) is 2.31. The zero-order chi connectivity index (χ0) is 23.1. The van der Waals surface area contributed by atoms with E-state index < -0.39 is 0 Å². The van der Waals surface area contributed by atoms with Crippen molar-refractivity contribution in [3.63, 3.8) is 0 Å². The van der Waals surface area contributed by atoms with Gasteiger partial charge in [-0.2, -0.15) is 0 Å². The first-order valence-electron chi connectivity index (χ1n) is 10.2. The Kier molecular flexibility index (Phi) is 7.80. The molecule has 1 unspecified atom stereocenters. The second kappa shape index (κ2) is 10.7. The van der Waals surface area contributed by atoms with Crippen LogP contribution in [0.5, 0.6) is 0 Å². The highest BCUT2D eigenvalue weighted by atomic mass is 32.1. The Hall–Kier alpha value is -3.43. The maximum absolute atomic E-state index is 12.6. The molecule has 1 aromatic carbocycles. The fourth-order valence-corrected chi connectivity index (χ4v) is 3.77. The van der Waals surface area contributed by atoms with Crippen LogP contribution in [0, 0.1) is 6.92 Å². The summed E-state index contributed by atoms with van der Waals surface area (Å²) in [6, 6.07) is 10.5. The molecule has 2 heterocycles. The van der Waals surface area contributed by atoms with Crippen molar-refractivity contribution < 1.29 is 9.59 Å². The number of benzene rings is 1. The van der Waals surface area contributed by atoms with Gasteiger partial charge in [-0.3, -0.25) is 9.78 Å². The first-order chi connectivity index (χ1) is 15.3. The minimum absolute atomic E-state index is 0.265. The quantitative estimate of drug-likeness (QED) is 0.411. The molecule has 0 aliphatic carbocycles. The van der Waals surface area contributed by atoms with E-state index in [1.165, 1.54) is 11.3 Å². The number of carbonyl (C=O) groups is 2. The number of amides is 3. The fourth-order valence-electron chi connectivity index (χ4n) is 3.10. The van der Waals surface area contributed by atoms with Gasteiger partial charge in [0.2, 0.25) is 0 Å². The number of pyridine rings is 1. The number of aromatic nitrogens is 1. The number of aryl methyl sites for hydroxylation is 1. The number of nitrogens with one attached hydrogen (secondary N) is 3. The first kappa shape index (κ1) is 23.2. The molecule has 9 heteroatoms. The van der Waals surface area contributed by atoms with E-state index in [2.05, 4.69) is 20.9 Å². The number of thiophene rings is 1. The van der Waals surface area contributed by atoms with Crippen LogP contribution in [0.3, 0.4) is 0 Å². The van der Waals surface area contributed by atoms with E-state index in [0.29, 0.717) is 17.8 Å². The minimum atomic E-state index is -0.336. The van der Waals surface area contributed by atoms with Crippen molar-refractivity contribution in [2.24, 2.45) is 0 Å². The van der Waals surface area contributed by atoms with Gasteiger partial charge in [0, 0.05) is 22.6 Å². The maximum Gasteiger partial charge on any atom is 0.319 e.